The predicted octanol–water partition coefficient (Wildman–Crippen LogP) is 2.06. The summed E-state index contributed by atoms with van der Waals surface area (Å²) in [4.78, 5) is 18.6. The van der Waals surface area contributed by atoms with Crippen LogP contribution in [0.3, 0.4) is 0 Å². The first-order chi connectivity index (χ1) is 10.5. The van der Waals surface area contributed by atoms with Crippen LogP contribution in [0.15, 0.2) is 18.5 Å². The minimum Gasteiger partial charge on any atom is -0.340 e. The highest BCUT2D eigenvalue weighted by molar-refractivity contribution is 5.92. The third-order valence-electron chi connectivity index (χ3n) is 4.35. The lowest BCUT2D eigenvalue weighted by Gasteiger charge is -2.27. The highest BCUT2D eigenvalue weighted by Crippen LogP contribution is 2.20. The Labute approximate surface area is 130 Å². The zero-order valence-corrected chi connectivity index (χ0v) is 13.4. The Bertz CT molecular complexity index is 657. The lowest BCUT2D eigenvalue weighted by molar-refractivity contribution is 0.0754. The molecule has 6 nitrogen and oxygen atoms in total. The van der Waals surface area contributed by atoms with Crippen molar-refractivity contribution in [3.8, 4) is 0 Å². The zero-order valence-electron chi connectivity index (χ0n) is 13.4. The number of aromatic amines is 1. The van der Waals surface area contributed by atoms with Gasteiger partial charge in [-0.25, -0.2) is 4.98 Å². The molecule has 1 aliphatic heterocycles. The Morgan fingerprint density at radius 3 is 3.09 bits per heavy atom. The van der Waals surface area contributed by atoms with Gasteiger partial charge in [0.1, 0.15) is 11.5 Å². The third-order valence-corrected chi connectivity index (χ3v) is 4.35. The lowest BCUT2D eigenvalue weighted by Crippen LogP contribution is -2.35. The van der Waals surface area contributed by atoms with E-state index >= 15 is 0 Å². The average Bonchev–Trinajstić information content (AvgIpc) is 3.15. The van der Waals surface area contributed by atoms with Crippen molar-refractivity contribution < 1.29 is 4.79 Å². The van der Waals surface area contributed by atoms with Crippen LogP contribution in [0.25, 0.3) is 0 Å². The van der Waals surface area contributed by atoms with E-state index in [2.05, 4.69) is 33.6 Å². The van der Waals surface area contributed by atoms with Crippen molar-refractivity contribution in [2.75, 3.05) is 13.6 Å². The molecule has 0 bridgehead atoms. The van der Waals surface area contributed by atoms with Crippen LogP contribution in [0.5, 0.6) is 0 Å². The highest BCUT2D eigenvalue weighted by Gasteiger charge is 2.23. The lowest BCUT2D eigenvalue weighted by atomic mass is 9.99. The summed E-state index contributed by atoms with van der Waals surface area (Å²) in [5.74, 6) is 1.95. The molecule has 22 heavy (non-hydrogen) atoms. The van der Waals surface area contributed by atoms with Gasteiger partial charge in [-0.15, -0.1) is 0 Å². The van der Waals surface area contributed by atoms with E-state index in [1.54, 1.807) is 4.90 Å². The summed E-state index contributed by atoms with van der Waals surface area (Å²) in [5, 5.41) is 7.09. The number of hydrogen-bond donors (Lipinski definition) is 1. The Balaban J connectivity index is 1.62. The fourth-order valence-corrected chi connectivity index (χ4v) is 2.99. The number of carbonyl (C=O) groups excluding carboxylic acids is 1. The van der Waals surface area contributed by atoms with Crippen LogP contribution < -0.4 is 0 Å². The highest BCUT2D eigenvalue weighted by atomic mass is 16.2. The Morgan fingerprint density at radius 2 is 2.36 bits per heavy atom. The second-order valence-electron chi connectivity index (χ2n) is 6.45. The van der Waals surface area contributed by atoms with Gasteiger partial charge in [-0.05, 0) is 24.3 Å². The minimum atomic E-state index is -0.0143. The third kappa shape index (κ3) is 2.91. The SMILES string of the molecule is CC(C)c1cc(C(=O)N(C)C[C@@H]2CCc3nccn3C2)n[nH]1. The van der Waals surface area contributed by atoms with Crippen molar-refractivity contribution in [1.82, 2.24) is 24.6 Å². The van der Waals surface area contributed by atoms with Crippen LogP contribution in [-0.4, -0.2) is 44.1 Å². The normalized spacial score (nSPS) is 17.5. The van der Waals surface area contributed by atoms with Crippen LogP contribution in [0.4, 0.5) is 0 Å². The second kappa shape index (κ2) is 5.94. The van der Waals surface area contributed by atoms with E-state index in [9.17, 15) is 4.79 Å². The molecule has 3 rings (SSSR count). The van der Waals surface area contributed by atoms with Crippen LogP contribution in [0, 0.1) is 5.92 Å². The molecule has 0 aromatic carbocycles. The number of hydrogen-bond acceptors (Lipinski definition) is 3. The molecule has 1 atom stereocenters. The summed E-state index contributed by atoms with van der Waals surface area (Å²) in [5.41, 5.74) is 1.50. The summed E-state index contributed by atoms with van der Waals surface area (Å²) in [6, 6.07) is 1.86. The average molecular weight is 301 g/mol. The van der Waals surface area contributed by atoms with Crippen molar-refractivity contribution in [3.05, 3.63) is 35.7 Å². The van der Waals surface area contributed by atoms with E-state index in [0.717, 1.165) is 37.4 Å². The monoisotopic (exact) mass is 301 g/mol. The number of amides is 1. The van der Waals surface area contributed by atoms with Gasteiger partial charge in [0.05, 0.1) is 0 Å². The van der Waals surface area contributed by atoms with E-state index in [1.165, 1.54) is 0 Å². The Morgan fingerprint density at radius 1 is 1.55 bits per heavy atom. The van der Waals surface area contributed by atoms with Gasteiger partial charge in [-0.1, -0.05) is 13.8 Å². The minimum absolute atomic E-state index is 0.0143. The summed E-state index contributed by atoms with van der Waals surface area (Å²) in [6.07, 6.45) is 5.93. The van der Waals surface area contributed by atoms with Crippen molar-refractivity contribution in [3.63, 3.8) is 0 Å². The molecule has 1 N–H and O–H groups in total. The zero-order chi connectivity index (χ0) is 15.7. The van der Waals surface area contributed by atoms with Crippen molar-refractivity contribution in [2.24, 2.45) is 5.92 Å². The standard InChI is InChI=1S/C16H23N5O/c1-11(2)13-8-14(19-18-13)16(22)20(3)9-12-4-5-15-17-6-7-21(15)10-12/h6-8,11-12H,4-5,9-10H2,1-3H3,(H,18,19)/t12-/m0/s1. The quantitative estimate of drug-likeness (QED) is 0.940. The van der Waals surface area contributed by atoms with Gasteiger partial charge in [-0.3, -0.25) is 9.89 Å². The number of aryl methyl sites for hydroxylation is 1. The topological polar surface area (TPSA) is 66.8 Å². The predicted molar refractivity (Wildman–Crippen MR) is 83.7 cm³/mol. The molecule has 0 spiro atoms. The Hall–Kier alpha value is -2.11. The van der Waals surface area contributed by atoms with Gasteiger partial charge in [0.25, 0.3) is 5.91 Å². The first-order valence-electron chi connectivity index (χ1n) is 7.85. The first kappa shape index (κ1) is 14.8. The van der Waals surface area contributed by atoms with Gasteiger partial charge < -0.3 is 9.47 Å². The smallest absolute Gasteiger partial charge is 0.274 e. The molecular weight excluding hydrogens is 278 g/mol. The number of imidazole rings is 1. The molecule has 0 unspecified atom stereocenters. The molecule has 1 aliphatic rings. The molecular formula is C16H23N5O. The number of nitrogens with one attached hydrogen (secondary N) is 1. The number of fused-ring (bicyclic) bond motifs is 1. The molecule has 0 saturated heterocycles. The summed E-state index contributed by atoms with van der Waals surface area (Å²) in [7, 11) is 1.86. The molecule has 0 fully saturated rings. The number of H-pyrrole nitrogens is 1. The molecule has 6 heteroatoms. The molecule has 118 valence electrons. The largest absolute Gasteiger partial charge is 0.340 e. The number of aromatic nitrogens is 4. The second-order valence-corrected chi connectivity index (χ2v) is 6.45. The van der Waals surface area contributed by atoms with E-state index < -0.39 is 0 Å². The summed E-state index contributed by atoms with van der Waals surface area (Å²) < 4.78 is 2.19. The maximum Gasteiger partial charge on any atom is 0.274 e. The molecule has 2 aromatic heterocycles. The maximum atomic E-state index is 12.5. The maximum absolute atomic E-state index is 12.5. The molecule has 0 saturated carbocycles. The molecule has 0 aliphatic carbocycles. The number of rotatable bonds is 4. The van der Waals surface area contributed by atoms with Gasteiger partial charge in [-0.2, -0.15) is 5.10 Å². The molecule has 1 amide bonds. The van der Waals surface area contributed by atoms with E-state index in [0.29, 0.717) is 17.5 Å². The van der Waals surface area contributed by atoms with Crippen molar-refractivity contribution in [2.45, 2.75) is 39.2 Å². The van der Waals surface area contributed by atoms with Crippen LogP contribution >= 0.6 is 0 Å². The van der Waals surface area contributed by atoms with Crippen molar-refractivity contribution in [1.29, 1.82) is 0 Å². The van der Waals surface area contributed by atoms with E-state index in [-0.39, 0.29) is 5.91 Å². The van der Waals surface area contributed by atoms with Gasteiger partial charge in [0.15, 0.2) is 0 Å². The number of nitrogens with zero attached hydrogens (tertiary/aromatic N) is 4. The molecule has 2 aromatic rings. The van der Waals surface area contributed by atoms with Gasteiger partial charge in [0, 0.05) is 44.6 Å². The summed E-state index contributed by atoms with van der Waals surface area (Å²) in [6.45, 7) is 5.84. The van der Waals surface area contributed by atoms with E-state index in [4.69, 9.17) is 0 Å². The number of carbonyl (C=O) groups is 1. The fraction of sp³-hybridized carbons (Fsp3) is 0.562. The van der Waals surface area contributed by atoms with Crippen LogP contribution in [-0.2, 0) is 13.0 Å². The summed E-state index contributed by atoms with van der Waals surface area (Å²) >= 11 is 0. The molecule has 3 heterocycles. The van der Waals surface area contributed by atoms with E-state index in [1.807, 2.05) is 25.5 Å². The van der Waals surface area contributed by atoms with Crippen LogP contribution in [0.1, 0.15) is 48.2 Å². The van der Waals surface area contributed by atoms with Gasteiger partial charge in [0.2, 0.25) is 0 Å². The Kier molecular flexibility index (Phi) is 4.00. The van der Waals surface area contributed by atoms with Crippen molar-refractivity contribution >= 4 is 5.91 Å². The fourth-order valence-electron chi connectivity index (χ4n) is 2.99. The van der Waals surface area contributed by atoms with Crippen LogP contribution in [0.2, 0.25) is 0 Å². The van der Waals surface area contributed by atoms with Gasteiger partial charge >= 0.3 is 0 Å². The first-order valence-corrected chi connectivity index (χ1v) is 7.85. The molecule has 0 radical (unpaired) electrons.